The lowest BCUT2D eigenvalue weighted by Gasteiger charge is -2.12. The summed E-state index contributed by atoms with van der Waals surface area (Å²) in [6.45, 7) is 0.211. The highest BCUT2D eigenvalue weighted by molar-refractivity contribution is 9.11. The van der Waals surface area contributed by atoms with Crippen molar-refractivity contribution in [1.82, 2.24) is 0 Å². The Morgan fingerprint density at radius 1 is 1.13 bits per heavy atom. The minimum atomic E-state index is -0.466. The quantitative estimate of drug-likeness (QED) is 0.150. The molecule has 0 aliphatic carbocycles. The molecule has 0 atom stereocenters. The number of hydrogen-bond donors (Lipinski definition) is 0. The molecule has 0 amide bonds. The standard InChI is InChI=1S/C22H13Br2FN2O3/c23-19-10-15(9-16(12-26)18-3-1-2-4-21(18)25)11-20(24)22(19)30-13-14-5-7-17(8-6-14)27(28)29/h1-11H,13H2/b16-9-. The van der Waals surface area contributed by atoms with Gasteiger partial charge in [-0.3, -0.25) is 10.1 Å². The van der Waals surface area contributed by atoms with Crippen LogP contribution in [0, 0.1) is 27.3 Å². The average Bonchev–Trinajstić information content (AvgIpc) is 2.72. The number of halogens is 3. The highest BCUT2D eigenvalue weighted by Crippen LogP contribution is 2.36. The largest absolute Gasteiger partial charge is 0.487 e. The Kier molecular flexibility index (Phi) is 6.98. The van der Waals surface area contributed by atoms with Gasteiger partial charge in [0.25, 0.3) is 5.69 Å². The lowest BCUT2D eigenvalue weighted by Crippen LogP contribution is -1.98. The van der Waals surface area contributed by atoms with E-state index in [1.807, 2.05) is 6.07 Å². The molecule has 0 aliphatic rings. The van der Waals surface area contributed by atoms with Crippen LogP contribution in [0.15, 0.2) is 69.6 Å². The van der Waals surface area contributed by atoms with E-state index in [9.17, 15) is 19.8 Å². The van der Waals surface area contributed by atoms with Gasteiger partial charge in [0.2, 0.25) is 0 Å². The van der Waals surface area contributed by atoms with Crippen LogP contribution in [0.25, 0.3) is 11.6 Å². The van der Waals surface area contributed by atoms with E-state index in [2.05, 4.69) is 31.9 Å². The summed E-state index contributed by atoms with van der Waals surface area (Å²) in [6.07, 6.45) is 1.59. The summed E-state index contributed by atoms with van der Waals surface area (Å²) < 4.78 is 21.1. The fourth-order valence-corrected chi connectivity index (χ4v) is 4.14. The number of hydrogen-bond acceptors (Lipinski definition) is 4. The molecule has 0 radical (unpaired) electrons. The number of nitriles is 1. The molecule has 3 rings (SSSR count). The molecule has 150 valence electrons. The molecular weight excluding hydrogens is 519 g/mol. The van der Waals surface area contributed by atoms with Crippen LogP contribution in [-0.2, 0) is 6.61 Å². The Morgan fingerprint density at radius 2 is 1.77 bits per heavy atom. The van der Waals surface area contributed by atoms with Gasteiger partial charge in [0.1, 0.15) is 18.2 Å². The number of rotatable bonds is 6. The summed E-state index contributed by atoms with van der Waals surface area (Å²) in [6, 6.07) is 17.7. The van der Waals surface area contributed by atoms with E-state index in [4.69, 9.17) is 4.74 Å². The fraction of sp³-hybridized carbons (Fsp3) is 0.0455. The minimum absolute atomic E-state index is 0.0143. The highest BCUT2D eigenvalue weighted by atomic mass is 79.9. The van der Waals surface area contributed by atoms with Crippen LogP contribution in [0.3, 0.4) is 0 Å². The van der Waals surface area contributed by atoms with Gasteiger partial charge < -0.3 is 4.74 Å². The molecule has 0 heterocycles. The van der Waals surface area contributed by atoms with Crippen molar-refractivity contribution in [3.8, 4) is 11.8 Å². The molecule has 5 nitrogen and oxygen atoms in total. The first-order valence-electron chi connectivity index (χ1n) is 8.61. The second-order valence-corrected chi connectivity index (χ2v) is 7.88. The SMILES string of the molecule is N#C/C(=C/c1cc(Br)c(OCc2ccc([N+](=O)[O-])cc2)c(Br)c1)c1ccccc1F. The van der Waals surface area contributed by atoms with E-state index in [-0.39, 0.29) is 23.4 Å². The molecule has 0 saturated heterocycles. The number of nitro groups is 1. The van der Waals surface area contributed by atoms with Gasteiger partial charge in [-0.15, -0.1) is 0 Å². The lowest BCUT2D eigenvalue weighted by molar-refractivity contribution is -0.384. The van der Waals surface area contributed by atoms with Crippen molar-refractivity contribution >= 4 is 49.2 Å². The smallest absolute Gasteiger partial charge is 0.269 e. The Hall–Kier alpha value is -3.02. The monoisotopic (exact) mass is 530 g/mol. The molecule has 8 heteroatoms. The predicted octanol–water partition coefficient (Wildman–Crippen LogP) is 6.90. The number of allylic oxidation sites excluding steroid dienone is 1. The van der Waals surface area contributed by atoms with Crippen molar-refractivity contribution in [2.45, 2.75) is 6.61 Å². The topological polar surface area (TPSA) is 76.2 Å². The maximum atomic E-state index is 14.0. The third-order valence-electron chi connectivity index (χ3n) is 4.15. The maximum Gasteiger partial charge on any atom is 0.269 e. The van der Waals surface area contributed by atoms with Crippen LogP contribution in [0.4, 0.5) is 10.1 Å². The zero-order valence-electron chi connectivity index (χ0n) is 15.3. The third kappa shape index (κ3) is 5.12. The summed E-state index contributed by atoms with van der Waals surface area (Å²) in [5, 5.41) is 20.2. The maximum absolute atomic E-state index is 14.0. The van der Waals surface area contributed by atoms with Crippen molar-refractivity contribution in [1.29, 1.82) is 5.26 Å². The van der Waals surface area contributed by atoms with E-state index in [1.165, 1.54) is 18.2 Å². The molecule has 30 heavy (non-hydrogen) atoms. The first-order valence-corrected chi connectivity index (χ1v) is 10.2. The Labute approximate surface area is 188 Å². The van der Waals surface area contributed by atoms with Crippen LogP contribution in [0.1, 0.15) is 16.7 Å². The van der Waals surface area contributed by atoms with E-state index in [1.54, 1.807) is 48.5 Å². The van der Waals surface area contributed by atoms with Gasteiger partial charge in [-0.05, 0) is 79.4 Å². The van der Waals surface area contributed by atoms with Gasteiger partial charge in [0, 0.05) is 17.7 Å². The molecule has 0 N–H and O–H groups in total. The van der Waals surface area contributed by atoms with Gasteiger partial charge in [0.05, 0.1) is 25.5 Å². The van der Waals surface area contributed by atoms with Crippen molar-refractivity contribution in [2.24, 2.45) is 0 Å². The molecule has 0 fully saturated rings. The van der Waals surface area contributed by atoms with Crippen LogP contribution in [0.5, 0.6) is 5.75 Å². The van der Waals surface area contributed by atoms with Crippen molar-refractivity contribution in [3.63, 3.8) is 0 Å². The van der Waals surface area contributed by atoms with Crippen LogP contribution in [0.2, 0.25) is 0 Å². The summed E-state index contributed by atoms with van der Waals surface area (Å²) in [7, 11) is 0. The molecule has 0 spiro atoms. The fourth-order valence-electron chi connectivity index (χ4n) is 2.69. The summed E-state index contributed by atoms with van der Waals surface area (Å²) in [4.78, 5) is 10.3. The van der Waals surface area contributed by atoms with E-state index >= 15 is 0 Å². The molecular formula is C22H13Br2FN2O3. The zero-order valence-corrected chi connectivity index (χ0v) is 18.5. The van der Waals surface area contributed by atoms with Gasteiger partial charge >= 0.3 is 0 Å². The average molecular weight is 532 g/mol. The summed E-state index contributed by atoms with van der Waals surface area (Å²) >= 11 is 6.91. The first-order chi connectivity index (χ1) is 14.4. The Balaban J connectivity index is 1.82. The lowest BCUT2D eigenvalue weighted by atomic mass is 10.0. The molecule has 3 aromatic carbocycles. The number of ether oxygens (including phenoxy) is 1. The predicted molar refractivity (Wildman–Crippen MR) is 119 cm³/mol. The molecule has 3 aromatic rings. The number of nitrogens with zero attached hydrogens (tertiary/aromatic N) is 2. The first kappa shape index (κ1) is 21.7. The third-order valence-corrected chi connectivity index (χ3v) is 5.32. The molecule has 0 bridgehead atoms. The van der Waals surface area contributed by atoms with E-state index in [0.29, 0.717) is 20.3 Å². The highest BCUT2D eigenvalue weighted by Gasteiger charge is 2.12. The number of non-ortho nitro benzene ring substituents is 1. The van der Waals surface area contributed by atoms with Crippen molar-refractivity contribution < 1.29 is 14.1 Å². The van der Waals surface area contributed by atoms with Crippen LogP contribution in [-0.4, -0.2) is 4.92 Å². The summed E-state index contributed by atoms with van der Waals surface area (Å²) in [5.41, 5.74) is 1.89. The molecule has 0 saturated carbocycles. The normalized spacial score (nSPS) is 11.1. The van der Waals surface area contributed by atoms with Crippen molar-refractivity contribution in [2.75, 3.05) is 0 Å². The molecule has 0 unspecified atom stereocenters. The van der Waals surface area contributed by atoms with Crippen LogP contribution >= 0.6 is 31.9 Å². The van der Waals surface area contributed by atoms with Crippen molar-refractivity contribution in [3.05, 3.63) is 102 Å². The second kappa shape index (κ2) is 9.65. The van der Waals surface area contributed by atoms with E-state index in [0.717, 1.165) is 5.56 Å². The van der Waals surface area contributed by atoms with Gasteiger partial charge in [-0.2, -0.15) is 5.26 Å². The van der Waals surface area contributed by atoms with Crippen LogP contribution < -0.4 is 4.74 Å². The molecule has 0 aliphatic heterocycles. The van der Waals surface area contributed by atoms with E-state index < -0.39 is 10.7 Å². The Bertz CT molecular complexity index is 1150. The Morgan fingerprint density at radius 3 is 2.33 bits per heavy atom. The van der Waals surface area contributed by atoms with Gasteiger partial charge in [-0.1, -0.05) is 18.2 Å². The summed E-state index contributed by atoms with van der Waals surface area (Å²) in [5.74, 6) is 0.0707. The van der Waals surface area contributed by atoms with Gasteiger partial charge in [0.15, 0.2) is 0 Å². The number of benzene rings is 3. The zero-order chi connectivity index (χ0) is 21.7. The molecule has 0 aromatic heterocycles. The second-order valence-electron chi connectivity index (χ2n) is 6.18. The minimum Gasteiger partial charge on any atom is -0.487 e. The number of nitro benzene ring substituents is 1. The van der Waals surface area contributed by atoms with Gasteiger partial charge in [-0.25, -0.2) is 4.39 Å².